The van der Waals surface area contributed by atoms with Crippen LogP contribution in [0.3, 0.4) is 0 Å². The molecule has 28 heavy (non-hydrogen) atoms. The summed E-state index contributed by atoms with van der Waals surface area (Å²) in [6, 6.07) is 17.9. The highest BCUT2D eigenvalue weighted by atomic mass is 79.9. The minimum atomic E-state index is -0.419. The summed E-state index contributed by atoms with van der Waals surface area (Å²) in [7, 11) is 0. The van der Waals surface area contributed by atoms with Crippen LogP contribution >= 0.6 is 27.5 Å². The summed E-state index contributed by atoms with van der Waals surface area (Å²) in [4.78, 5) is 10.3. The summed E-state index contributed by atoms with van der Waals surface area (Å²) in [5.74, 6) is 0.713. The number of aryl methyl sites for hydroxylation is 1. The van der Waals surface area contributed by atoms with Crippen LogP contribution in [0.2, 0.25) is 5.02 Å². The van der Waals surface area contributed by atoms with E-state index in [2.05, 4.69) is 21.2 Å². The molecule has 7 heteroatoms. The van der Waals surface area contributed by atoms with Crippen LogP contribution in [-0.4, -0.2) is 4.92 Å². The van der Waals surface area contributed by atoms with Crippen LogP contribution in [0.4, 0.5) is 11.4 Å². The molecule has 0 spiro atoms. The number of rotatable bonds is 7. The van der Waals surface area contributed by atoms with Crippen LogP contribution in [0.25, 0.3) is 0 Å². The molecule has 3 aromatic carbocycles. The molecule has 0 heterocycles. The second-order valence-corrected chi connectivity index (χ2v) is 7.63. The van der Waals surface area contributed by atoms with Crippen molar-refractivity contribution in [1.82, 2.24) is 0 Å². The summed E-state index contributed by atoms with van der Waals surface area (Å²) in [6.07, 6.45) is 0. The largest absolute Gasteiger partial charge is 0.489 e. The highest BCUT2D eigenvalue weighted by Crippen LogP contribution is 2.27. The Labute approximate surface area is 176 Å². The maximum Gasteiger partial charge on any atom is 0.269 e. The average molecular weight is 462 g/mol. The van der Waals surface area contributed by atoms with Gasteiger partial charge in [0.15, 0.2) is 0 Å². The fraction of sp³-hybridized carbons (Fsp3) is 0.143. The summed E-state index contributed by atoms with van der Waals surface area (Å²) in [6.45, 7) is 2.90. The number of nitro benzene ring substituents is 1. The van der Waals surface area contributed by atoms with Crippen molar-refractivity contribution in [2.24, 2.45) is 0 Å². The van der Waals surface area contributed by atoms with E-state index in [9.17, 15) is 10.1 Å². The number of hydrogen-bond acceptors (Lipinski definition) is 4. The van der Waals surface area contributed by atoms with Crippen molar-refractivity contribution in [3.63, 3.8) is 0 Å². The molecule has 0 aromatic heterocycles. The molecule has 0 bridgehead atoms. The third-order valence-corrected chi connectivity index (χ3v) is 4.95. The Kier molecular flexibility index (Phi) is 6.54. The minimum absolute atomic E-state index is 0.0602. The van der Waals surface area contributed by atoms with Gasteiger partial charge in [-0.15, -0.1) is 0 Å². The molecule has 0 radical (unpaired) electrons. The molecule has 3 aromatic rings. The zero-order valence-corrected chi connectivity index (χ0v) is 17.5. The Morgan fingerprint density at radius 1 is 1.11 bits per heavy atom. The number of ether oxygens (including phenoxy) is 1. The lowest BCUT2D eigenvalue weighted by atomic mass is 10.1. The van der Waals surface area contributed by atoms with E-state index in [1.165, 1.54) is 12.1 Å². The molecule has 1 N–H and O–H groups in total. The second kappa shape index (κ2) is 9.08. The lowest BCUT2D eigenvalue weighted by molar-refractivity contribution is -0.384. The predicted octanol–water partition coefficient (Wildman–Crippen LogP) is 6.51. The lowest BCUT2D eigenvalue weighted by Gasteiger charge is -2.15. The van der Waals surface area contributed by atoms with Gasteiger partial charge in [-0.2, -0.15) is 0 Å². The summed E-state index contributed by atoms with van der Waals surface area (Å²) < 4.78 is 6.97. The number of non-ortho nitro benzene ring substituents is 1. The highest BCUT2D eigenvalue weighted by Gasteiger charge is 2.08. The van der Waals surface area contributed by atoms with E-state index in [0.29, 0.717) is 23.9 Å². The van der Waals surface area contributed by atoms with E-state index in [1.807, 2.05) is 37.3 Å². The molecular formula is C21H18BrClN2O3. The first kappa shape index (κ1) is 20.2. The topological polar surface area (TPSA) is 64.4 Å². The molecule has 0 aliphatic rings. The second-order valence-electron chi connectivity index (χ2n) is 6.28. The van der Waals surface area contributed by atoms with Crippen molar-refractivity contribution in [3.05, 3.63) is 97.0 Å². The van der Waals surface area contributed by atoms with Gasteiger partial charge in [-0.3, -0.25) is 10.1 Å². The molecule has 0 amide bonds. The van der Waals surface area contributed by atoms with Crippen LogP contribution < -0.4 is 10.1 Å². The van der Waals surface area contributed by atoms with E-state index in [4.69, 9.17) is 16.3 Å². The molecular weight excluding hydrogens is 444 g/mol. The van der Waals surface area contributed by atoms with Crippen LogP contribution in [0, 0.1) is 17.0 Å². The maximum absolute atomic E-state index is 10.8. The van der Waals surface area contributed by atoms with Gasteiger partial charge in [0, 0.05) is 39.4 Å². The van der Waals surface area contributed by atoms with Gasteiger partial charge in [0.2, 0.25) is 0 Å². The minimum Gasteiger partial charge on any atom is -0.489 e. The smallest absolute Gasteiger partial charge is 0.269 e. The zero-order chi connectivity index (χ0) is 20.1. The first-order chi connectivity index (χ1) is 13.4. The Balaban J connectivity index is 1.70. The van der Waals surface area contributed by atoms with Crippen LogP contribution in [0.5, 0.6) is 5.75 Å². The summed E-state index contributed by atoms with van der Waals surface area (Å²) in [5.41, 5.74) is 4.00. The molecule has 144 valence electrons. The predicted molar refractivity (Wildman–Crippen MR) is 115 cm³/mol. The van der Waals surface area contributed by atoms with Gasteiger partial charge in [0.25, 0.3) is 5.69 Å². The molecule has 0 fully saturated rings. The van der Waals surface area contributed by atoms with E-state index in [0.717, 1.165) is 26.9 Å². The van der Waals surface area contributed by atoms with Gasteiger partial charge in [-0.25, -0.2) is 0 Å². The zero-order valence-electron chi connectivity index (χ0n) is 15.1. The average Bonchev–Trinajstić information content (AvgIpc) is 2.67. The van der Waals surface area contributed by atoms with Crippen molar-refractivity contribution < 1.29 is 9.66 Å². The summed E-state index contributed by atoms with van der Waals surface area (Å²) in [5, 5.41) is 14.8. The quantitative estimate of drug-likeness (QED) is 0.322. The molecule has 0 saturated carbocycles. The van der Waals surface area contributed by atoms with E-state index in [-0.39, 0.29) is 5.69 Å². The van der Waals surface area contributed by atoms with Gasteiger partial charge in [-0.05, 0) is 66.6 Å². The number of nitro groups is 1. The number of hydrogen-bond donors (Lipinski definition) is 1. The van der Waals surface area contributed by atoms with Gasteiger partial charge in [-0.1, -0.05) is 27.5 Å². The van der Waals surface area contributed by atoms with E-state index < -0.39 is 4.92 Å². The first-order valence-electron chi connectivity index (χ1n) is 8.57. The van der Waals surface area contributed by atoms with Crippen molar-refractivity contribution in [2.45, 2.75) is 20.1 Å². The third-order valence-electron chi connectivity index (χ3n) is 4.22. The molecule has 0 saturated heterocycles. The molecule has 0 aliphatic carbocycles. The number of nitrogens with one attached hydrogen (secondary N) is 1. The van der Waals surface area contributed by atoms with E-state index >= 15 is 0 Å². The Hall–Kier alpha value is -2.57. The third kappa shape index (κ3) is 5.24. The maximum atomic E-state index is 10.8. The van der Waals surface area contributed by atoms with Crippen molar-refractivity contribution >= 4 is 38.9 Å². The van der Waals surface area contributed by atoms with E-state index in [1.54, 1.807) is 18.2 Å². The number of benzene rings is 3. The van der Waals surface area contributed by atoms with Crippen molar-refractivity contribution in [3.8, 4) is 5.75 Å². The Morgan fingerprint density at radius 3 is 2.54 bits per heavy atom. The lowest BCUT2D eigenvalue weighted by Crippen LogP contribution is -2.05. The van der Waals surface area contributed by atoms with Crippen molar-refractivity contribution in [1.29, 1.82) is 0 Å². The molecule has 0 unspecified atom stereocenters. The fourth-order valence-corrected chi connectivity index (χ4v) is 3.39. The standard InChI is InChI=1S/C21H18BrClN2O3/c1-14-10-17(22)4-8-20(14)24-12-16-11-18(23)5-9-21(16)28-13-15-2-6-19(7-3-15)25(26)27/h2-11,24H,12-13H2,1H3. The SMILES string of the molecule is Cc1cc(Br)ccc1NCc1cc(Cl)ccc1OCc1ccc([N+](=O)[O-])cc1. The van der Waals surface area contributed by atoms with Gasteiger partial charge in [0.05, 0.1) is 4.92 Å². The highest BCUT2D eigenvalue weighted by molar-refractivity contribution is 9.10. The molecule has 3 rings (SSSR count). The van der Waals surface area contributed by atoms with Crippen molar-refractivity contribution in [2.75, 3.05) is 5.32 Å². The number of nitrogens with zero attached hydrogens (tertiary/aromatic N) is 1. The molecule has 0 atom stereocenters. The molecule has 5 nitrogen and oxygen atoms in total. The normalized spacial score (nSPS) is 10.5. The fourth-order valence-electron chi connectivity index (χ4n) is 2.72. The summed E-state index contributed by atoms with van der Waals surface area (Å²) >= 11 is 9.63. The van der Waals surface area contributed by atoms with Crippen LogP contribution in [0.15, 0.2) is 65.1 Å². The van der Waals surface area contributed by atoms with Gasteiger partial charge < -0.3 is 10.1 Å². The monoisotopic (exact) mass is 460 g/mol. The van der Waals surface area contributed by atoms with Gasteiger partial charge in [0.1, 0.15) is 12.4 Å². The number of anilines is 1. The Morgan fingerprint density at radius 2 is 1.86 bits per heavy atom. The molecule has 0 aliphatic heterocycles. The van der Waals surface area contributed by atoms with Crippen LogP contribution in [-0.2, 0) is 13.2 Å². The van der Waals surface area contributed by atoms with Gasteiger partial charge >= 0.3 is 0 Å². The Bertz CT molecular complexity index is 993. The van der Waals surface area contributed by atoms with Crippen LogP contribution in [0.1, 0.15) is 16.7 Å². The first-order valence-corrected chi connectivity index (χ1v) is 9.74. The number of halogens is 2.